The van der Waals surface area contributed by atoms with Crippen molar-refractivity contribution >= 4 is 28.8 Å². The molecule has 0 saturated carbocycles. The van der Waals surface area contributed by atoms with E-state index in [0.717, 1.165) is 30.8 Å². The SMILES string of the molecule is COc1cc(NC(=O)c2cc(C)n(Cc3cccs3)c2C)c(C(=O)N2CCCC2)cc1OC. The van der Waals surface area contributed by atoms with Gasteiger partial charge in [-0.05, 0) is 50.3 Å². The minimum absolute atomic E-state index is 0.119. The molecule has 4 rings (SSSR count). The molecular formula is C25H29N3O4S. The lowest BCUT2D eigenvalue weighted by molar-refractivity contribution is 0.0793. The highest BCUT2D eigenvalue weighted by Gasteiger charge is 2.26. The fraction of sp³-hybridized carbons (Fsp3) is 0.360. The first-order valence-electron chi connectivity index (χ1n) is 11.0. The van der Waals surface area contributed by atoms with Gasteiger partial charge in [-0.1, -0.05) is 6.07 Å². The number of nitrogens with one attached hydrogen (secondary N) is 1. The molecule has 2 amide bonds. The molecule has 0 atom stereocenters. The van der Waals surface area contributed by atoms with E-state index in [2.05, 4.69) is 16.0 Å². The van der Waals surface area contributed by atoms with Crippen molar-refractivity contribution < 1.29 is 19.1 Å². The van der Waals surface area contributed by atoms with Crippen LogP contribution in [-0.4, -0.2) is 48.6 Å². The predicted molar refractivity (Wildman–Crippen MR) is 130 cm³/mol. The second-order valence-corrected chi connectivity index (χ2v) is 9.19. The van der Waals surface area contributed by atoms with E-state index in [0.29, 0.717) is 41.4 Å². The molecule has 0 bridgehead atoms. The quantitative estimate of drug-likeness (QED) is 0.546. The normalized spacial score (nSPS) is 13.3. The Morgan fingerprint density at radius 2 is 1.73 bits per heavy atom. The third-order valence-electron chi connectivity index (χ3n) is 6.11. The van der Waals surface area contributed by atoms with E-state index in [-0.39, 0.29) is 11.8 Å². The Hall–Kier alpha value is -3.26. The molecule has 8 heteroatoms. The van der Waals surface area contributed by atoms with Gasteiger partial charge in [-0.15, -0.1) is 11.3 Å². The Labute approximate surface area is 197 Å². The maximum absolute atomic E-state index is 13.3. The number of carbonyl (C=O) groups is 2. The van der Waals surface area contributed by atoms with E-state index >= 15 is 0 Å². The standard InChI is InChI=1S/C25H29N3O4S/c1-16-12-19(17(2)28(16)15-18-8-7-11-33-18)24(29)26-21-14-23(32-4)22(31-3)13-20(21)25(30)27-9-5-6-10-27/h7-8,11-14H,5-6,9-10,15H2,1-4H3,(H,26,29). The topological polar surface area (TPSA) is 72.8 Å². The average Bonchev–Trinajstić information content (AvgIpc) is 3.58. The summed E-state index contributed by atoms with van der Waals surface area (Å²) < 4.78 is 13.0. The zero-order valence-electron chi connectivity index (χ0n) is 19.4. The fourth-order valence-corrected chi connectivity index (χ4v) is 4.96. The zero-order valence-corrected chi connectivity index (χ0v) is 20.3. The van der Waals surface area contributed by atoms with Crippen molar-refractivity contribution in [2.45, 2.75) is 33.2 Å². The highest BCUT2D eigenvalue weighted by atomic mass is 32.1. The summed E-state index contributed by atoms with van der Waals surface area (Å²) >= 11 is 1.69. The maximum Gasteiger partial charge on any atom is 0.257 e. The van der Waals surface area contributed by atoms with Gasteiger partial charge in [0, 0.05) is 35.4 Å². The molecule has 0 spiro atoms. The third-order valence-corrected chi connectivity index (χ3v) is 6.97. The Bertz CT molecular complexity index is 1160. The van der Waals surface area contributed by atoms with Crippen LogP contribution in [0, 0.1) is 13.8 Å². The van der Waals surface area contributed by atoms with Crippen LogP contribution in [-0.2, 0) is 6.54 Å². The number of anilines is 1. The van der Waals surface area contributed by atoms with Crippen molar-refractivity contribution in [2.24, 2.45) is 0 Å². The summed E-state index contributed by atoms with van der Waals surface area (Å²) in [7, 11) is 3.06. The van der Waals surface area contributed by atoms with Crippen molar-refractivity contribution in [3.8, 4) is 11.5 Å². The highest BCUT2D eigenvalue weighted by molar-refractivity contribution is 7.09. The van der Waals surface area contributed by atoms with Gasteiger partial charge in [-0.3, -0.25) is 9.59 Å². The van der Waals surface area contributed by atoms with Gasteiger partial charge in [0.15, 0.2) is 11.5 Å². The lowest BCUT2D eigenvalue weighted by Gasteiger charge is -2.20. The van der Waals surface area contributed by atoms with E-state index in [4.69, 9.17) is 9.47 Å². The third kappa shape index (κ3) is 4.61. The summed E-state index contributed by atoms with van der Waals surface area (Å²) in [5.41, 5.74) is 3.28. The molecule has 0 unspecified atom stereocenters. The summed E-state index contributed by atoms with van der Waals surface area (Å²) in [6.07, 6.45) is 1.97. The van der Waals surface area contributed by atoms with Crippen LogP contribution in [0.4, 0.5) is 5.69 Å². The molecule has 1 aliphatic rings. The van der Waals surface area contributed by atoms with Gasteiger partial charge in [-0.25, -0.2) is 0 Å². The van der Waals surface area contributed by atoms with Crippen molar-refractivity contribution in [3.05, 3.63) is 63.1 Å². The van der Waals surface area contributed by atoms with Gasteiger partial charge >= 0.3 is 0 Å². The molecule has 33 heavy (non-hydrogen) atoms. The Balaban J connectivity index is 1.66. The molecule has 174 valence electrons. The minimum Gasteiger partial charge on any atom is -0.493 e. The van der Waals surface area contributed by atoms with E-state index < -0.39 is 0 Å². The van der Waals surface area contributed by atoms with Crippen LogP contribution in [0.15, 0.2) is 35.7 Å². The summed E-state index contributed by atoms with van der Waals surface area (Å²) in [6, 6.07) is 9.31. The van der Waals surface area contributed by atoms with Crippen molar-refractivity contribution in [1.29, 1.82) is 0 Å². The molecule has 1 saturated heterocycles. The van der Waals surface area contributed by atoms with Crippen LogP contribution in [0.2, 0.25) is 0 Å². The van der Waals surface area contributed by atoms with Crippen molar-refractivity contribution in [2.75, 3.05) is 32.6 Å². The number of likely N-dealkylation sites (tertiary alicyclic amines) is 1. The monoisotopic (exact) mass is 467 g/mol. The molecule has 0 aliphatic carbocycles. The summed E-state index contributed by atoms with van der Waals surface area (Å²) in [5.74, 6) is 0.524. The maximum atomic E-state index is 13.3. The number of rotatable bonds is 7. The Kier molecular flexibility index (Phi) is 6.74. The lowest BCUT2D eigenvalue weighted by Crippen LogP contribution is -2.29. The number of thiophene rings is 1. The molecule has 7 nitrogen and oxygen atoms in total. The fourth-order valence-electron chi connectivity index (χ4n) is 4.27. The predicted octanol–water partition coefficient (Wildman–Crippen LogP) is 4.72. The largest absolute Gasteiger partial charge is 0.493 e. The molecule has 1 N–H and O–H groups in total. The second-order valence-electron chi connectivity index (χ2n) is 8.16. The van der Waals surface area contributed by atoms with Gasteiger partial charge in [0.2, 0.25) is 0 Å². The van der Waals surface area contributed by atoms with Crippen LogP contribution in [0.3, 0.4) is 0 Å². The van der Waals surface area contributed by atoms with Crippen LogP contribution in [0.5, 0.6) is 11.5 Å². The second kappa shape index (κ2) is 9.70. The van der Waals surface area contributed by atoms with E-state index in [1.807, 2.05) is 36.3 Å². The van der Waals surface area contributed by atoms with Crippen molar-refractivity contribution in [3.63, 3.8) is 0 Å². The first-order valence-corrected chi connectivity index (χ1v) is 11.9. The lowest BCUT2D eigenvalue weighted by atomic mass is 10.1. The minimum atomic E-state index is -0.261. The van der Waals surface area contributed by atoms with Crippen molar-refractivity contribution in [1.82, 2.24) is 9.47 Å². The molecule has 1 aromatic carbocycles. The molecule has 1 aliphatic heterocycles. The number of carbonyl (C=O) groups excluding carboxylic acids is 2. The highest BCUT2D eigenvalue weighted by Crippen LogP contribution is 2.35. The van der Waals surface area contributed by atoms with Gasteiger partial charge in [0.05, 0.1) is 37.6 Å². The number of aryl methyl sites for hydroxylation is 1. The molecule has 3 aromatic rings. The zero-order chi connectivity index (χ0) is 23.5. The smallest absolute Gasteiger partial charge is 0.257 e. The Morgan fingerprint density at radius 3 is 2.36 bits per heavy atom. The number of benzene rings is 1. The van der Waals surface area contributed by atoms with E-state index in [1.165, 1.54) is 19.1 Å². The van der Waals surface area contributed by atoms with Gasteiger partial charge in [0.25, 0.3) is 11.8 Å². The molecule has 0 radical (unpaired) electrons. The first kappa shape index (κ1) is 22.9. The Morgan fingerprint density at radius 1 is 1.03 bits per heavy atom. The number of nitrogens with zero attached hydrogens (tertiary/aromatic N) is 2. The number of ether oxygens (including phenoxy) is 2. The summed E-state index contributed by atoms with van der Waals surface area (Å²) in [6.45, 7) is 6.09. The number of aromatic nitrogens is 1. The number of methoxy groups -OCH3 is 2. The number of hydrogen-bond acceptors (Lipinski definition) is 5. The number of amides is 2. The molecule has 3 heterocycles. The molecule has 1 fully saturated rings. The van der Waals surface area contributed by atoms with Gasteiger partial charge in [0.1, 0.15) is 0 Å². The van der Waals surface area contributed by atoms with Gasteiger partial charge < -0.3 is 24.3 Å². The summed E-state index contributed by atoms with van der Waals surface area (Å²) in [5, 5.41) is 5.01. The number of hydrogen-bond donors (Lipinski definition) is 1. The van der Waals surface area contributed by atoms with Crippen LogP contribution >= 0.6 is 11.3 Å². The molecular weight excluding hydrogens is 438 g/mol. The van der Waals surface area contributed by atoms with Crippen LogP contribution in [0.25, 0.3) is 0 Å². The summed E-state index contributed by atoms with van der Waals surface area (Å²) in [4.78, 5) is 29.6. The van der Waals surface area contributed by atoms with E-state index in [1.54, 1.807) is 23.5 Å². The van der Waals surface area contributed by atoms with E-state index in [9.17, 15) is 9.59 Å². The van der Waals surface area contributed by atoms with Crippen LogP contribution in [0.1, 0.15) is 49.8 Å². The van der Waals surface area contributed by atoms with Gasteiger partial charge in [-0.2, -0.15) is 0 Å². The molecule has 2 aromatic heterocycles. The van der Waals surface area contributed by atoms with Crippen LogP contribution < -0.4 is 14.8 Å². The first-order chi connectivity index (χ1) is 15.9. The average molecular weight is 468 g/mol.